The van der Waals surface area contributed by atoms with Gasteiger partial charge in [-0.25, -0.2) is 0 Å². The van der Waals surface area contributed by atoms with E-state index in [1.807, 2.05) is 19.1 Å². The number of ether oxygens (including phenoxy) is 1. The first-order valence-electron chi connectivity index (χ1n) is 5.79. The SMILES string of the molecule is Cc1ccc(COC2CCCC2N)c(Cl)c1. The van der Waals surface area contributed by atoms with Gasteiger partial charge in [0, 0.05) is 11.1 Å². The second-order valence-electron chi connectivity index (χ2n) is 4.54. The van der Waals surface area contributed by atoms with Gasteiger partial charge in [0.1, 0.15) is 0 Å². The summed E-state index contributed by atoms with van der Waals surface area (Å²) in [5, 5.41) is 0.784. The Morgan fingerprint density at radius 3 is 2.88 bits per heavy atom. The lowest BCUT2D eigenvalue weighted by atomic mass is 10.1. The molecule has 2 nitrogen and oxygen atoms in total. The molecule has 0 saturated heterocycles. The van der Waals surface area contributed by atoms with E-state index in [-0.39, 0.29) is 12.1 Å². The molecule has 2 N–H and O–H groups in total. The molecule has 1 fully saturated rings. The van der Waals surface area contributed by atoms with Crippen LogP contribution in [0.15, 0.2) is 18.2 Å². The quantitative estimate of drug-likeness (QED) is 0.880. The zero-order valence-corrected chi connectivity index (χ0v) is 10.3. The lowest BCUT2D eigenvalue weighted by Crippen LogP contribution is -2.31. The van der Waals surface area contributed by atoms with Crippen LogP contribution in [0.2, 0.25) is 5.02 Å². The molecule has 16 heavy (non-hydrogen) atoms. The Labute approximate surface area is 102 Å². The minimum atomic E-state index is 0.198. The second kappa shape index (κ2) is 5.17. The number of hydrogen-bond acceptors (Lipinski definition) is 2. The summed E-state index contributed by atoms with van der Waals surface area (Å²) in [6.45, 7) is 2.60. The standard InChI is InChI=1S/C13H18ClNO/c1-9-5-6-10(11(14)7-9)8-16-13-4-2-3-12(13)15/h5-7,12-13H,2-4,8,15H2,1H3. The zero-order chi connectivity index (χ0) is 11.5. The number of hydrogen-bond donors (Lipinski definition) is 1. The Kier molecular flexibility index (Phi) is 3.85. The first-order valence-corrected chi connectivity index (χ1v) is 6.17. The third-order valence-corrected chi connectivity index (χ3v) is 3.52. The molecular formula is C13H18ClNO. The lowest BCUT2D eigenvalue weighted by molar-refractivity contribution is 0.0358. The summed E-state index contributed by atoms with van der Waals surface area (Å²) in [5.74, 6) is 0. The summed E-state index contributed by atoms with van der Waals surface area (Å²) in [6.07, 6.45) is 3.53. The van der Waals surface area contributed by atoms with Gasteiger partial charge in [0.25, 0.3) is 0 Å². The summed E-state index contributed by atoms with van der Waals surface area (Å²) in [5.41, 5.74) is 8.17. The van der Waals surface area contributed by atoms with Crippen molar-refractivity contribution in [1.82, 2.24) is 0 Å². The van der Waals surface area contributed by atoms with Crippen LogP contribution in [0.25, 0.3) is 0 Å². The van der Waals surface area contributed by atoms with Crippen LogP contribution in [0.5, 0.6) is 0 Å². The molecule has 1 aromatic rings. The molecule has 0 aromatic heterocycles. The van der Waals surface area contributed by atoms with Crippen molar-refractivity contribution in [2.45, 2.75) is 44.9 Å². The van der Waals surface area contributed by atoms with E-state index in [1.54, 1.807) is 0 Å². The van der Waals surface area contributed by atoms with E-state index in [0.717, 1.165) is 23.4 Å². The van der Waals surface area contributed by atoms with Crippen LogP contribution < -0.4 is 5.73 Å². The molecule has 1 aromatic carbocycles. The maximum absolute atomic E-state index is 6.14. The Morgan fingerprint density at radius 2 is 2.25 bits per heavy atom. The summed E-state index contributed by atoms with van der Waals surface area (Å²) in [6, 6.07) is 6.25. The van der Waals surface area contributed by atoms with Crippen molar-refractivity contribution in [1.29, 1.82) is 0 Å². The molecular weight excluding hydrogens is 222 g/mol. The lowest BCUT2D eigenvalue weighted by Gasteiger charge is -2.16. The van der Waals surface area contributed by atoms with Gasteiger partial charge in [0.2, 0.25) is 0 Å². The minimum absolute atomic E-state index is 0.198. The first kappa shape index (κ1) is 11.9. The normalized spacial score (nSPS) is 24.9. The van der Waals surface area contributed by atoms with Crippen molar-refractivity contribution in [2.24, 2.45) is 5.73 Å². The predicted molar refractivity (Wildman–Crippen MR) is 66.6 cm³/mol. The molecule has 2 unspecified atom stereocenters. The fourth-order valence-electron chi connectivity index (χ4n) is 2.13. The summed E-state index contributed by atoms with van der Waals surface area (Å²) < 4.78 is 5.81. The molecule has 0 spiro atoms. The summed E-state index contributed by atoms with van der Waals surface area (Å²) in [7, 11) is 0. The highest BCUT2D eigenvalue weighted by atomic mass is 35.5. The van der Waals surface area contributed by atoms with Crippen molar-refractivity contribution in [2.75, 3.05) is 0 Å². The molecule has 0 amide bonds. The van der Waals surface area contributed by atoms with Crippen LogP contribution in [-0.4, -0.2) is 12.1 Å². The smallest absolute Gasteiger partial charge is 0.0735 e. The largest absolute Gasteiger partial charge is 0.372 e. The minimum Gasteiger partial charge on any atom is -0.372 e. The molecule has 88 valence electrons. The predicted octanol–water partition coefficient (Wildman–Crippen LogP) is 3.04. The van der Waals surface area contributed by atoms with Gasteiger partial charge in [-0.1, -0.05) is 23.7 Å². The van der Waals surface area contributed by atoms with Crippen LogP contribution in [-0.2, 0) is 11.3 Å². The first-order chi connectivity index (χ1) is 7.66. The highest BCUT2D eigenvalue weighted by Gasteiger charge is 2.24. The number of nitrogens with two attached hydrogens (primary N) is 1. The van der Waals surface area contributed by atoms with Gasteiger partial charge in [0.15, 0.2) is 0 Å². The molecule has 0 heterocycles. The average Bonchev–Trinajstić information content (AvgIpc) is 2.63. The fraction of sp³-hybridized carbons (Fsp3) is 0.538. The van der Waals surface area contributed by atoms with E-state index in [0.29, 0.717) is 6.61 Å². The van der Waals surface area contributed by atoms with E-state index in [2.05, 4.69) is 6.07 Å². The van der Waals surface area contributed by atoms with Crippen LogP contribution in [0, 0.1) is 6.92 Å². The Morgan fingerprint density at radius 1 is 1.44 bits per heavy atom. The molecule has 2 atom stereocenters. The highest BCUT2D eigenvalue weighted by Crippen LogP contribution is 2.24. The van der Waals surface area contributed by atoms with E-state index < -0.39 is 0 Å². The van der Waals surface area contributed by atoms with Crippen molar-refractivity contribution in [3.05, 3.63) is 34.3 Å². The molecule has 1 aliphatic rings. The van der Waals surface area contributed by atoms with Gasteiger partial charge < -0.3 is 10.5 Å². The Bertz CT molecular complexity index is 367. The maximum Gasteiger partial charge on any atom is 0.0735 e. The summed E-state index contributed by atoms with van der Waals surface area (Å²) in [4.78, 5) is 0. The summed E-state index contributed by atoms with van der Waals surface area (Å²) >= 11 is 6.14. The number of rotatable bonds is 3. The van der Waals surface area contributed by atoms with E-state index in [1.165, 1.54) is 12.0 Å². The van der Waals surface area contributed by atoms with E-state index in [9.17, 15) is 0 Å². The molecule has 0 radical (unpaired) electrons. The van der Waals surface area contributed by atoms with E-state index in [4.69, 9.17) is 22.1 Å². The monoisotopic (exact) mass is 239 g/mol. The van der Waals surface area contributed by atoms with Crippen molar-refractivity contribution in [3.63, 3.8) is 0 Å². The molecule has 0 bridgehead atoms. The Balaban J connectivity index is 1.94. The van der Waals surface area contributed by atoms with Crippen LogP contribution >= 0.6 is 11.6 Å². The van der Waals surface area contributed by atoms with E-state index >= 15 is 0 Å². The number of benzene rings is 1. The van der Waals surface area contributed by atoms with Crippen molar-refractivity contribution < 1.29 is 4.74 Å². The Hall–Kier alpha value is -0.570. The van der Waals surface area contributed by atoms with Gasteiger partial charge >= 0.3 is 0 Å². The van der Waals surface area contributed by atoms with Crippen molar-refractivity contribution >= 4 is 11.6 Å². The van der Waals surface area contributed by atoms with Gasteiger partial charge in [-0.05, 0) is 43.4 Å². The number of halogens is 1. The average molecular weight is 240 g/mol. The third kappa shape index (κ3) is 2.76. The zero-order valence-electron chi connectivity index (χ0n) is 9.58. The molecule has 0 aliphatic heterocycles. The highest BCUT2D eigenvalue weighted by molar-refractivity contribution is 6.31. The number of aryl methyl sites for hydroxylation is 1. The van der Waals surface area contributed by atoms with Gasteiger partial charge in [0.05, 0.1) is 12.7 Å². The van der Waals surface area contributed by atoms with Crippen LogP contribution in [0.3, 0.4) is 0 Å². The molecule has 1 aliphatic carbocycles. The van der Waals surface area contributed by atoms with Gasteiger partial charge in [-0.15, -0.1) is 0 Å². The van der Waals surface area contributed by atoms with Crippen molar-refractivity contribution in [3.8, 4) is 0 Å². The molecule has 2 rings (SSSR count). The molecule has 1 saturated carbocycles. The molecule has 3 heteroatoms. The second-order valence-corrected chi connectivity index (χ2v) is 4.95. The topological polar surface area (TPSA) is 35.2 Å². The van der Waals surface area contributed by atoms with Crippen LogP contribution in [0.4, 0.5) is 0 Å². The van der Waals surface area contributed by atoms with Gasteiger partial charge in [-0.2, -0.15) is 0 Å². The van der Waals surface area contributed by atoms with Gasteiger partial charge in [-0.3, -0.25) is 0 Å². The maximum atomic E-state index is 6.14. The third-order valence-electron chi connectivity index (χ3n) is 3.17. The fourth-order valence-corrected chi connectivity index (χ4v) is 2.42. The van der Waals surface area contributed by atoms with Crippen LogP contribution in [0.1, 0.15) is 30.4 Å².